The number of hydrogen-bond donors (Lipinski definition) is 2. The number of aliphatic hydroxyl groups excluding tert-OH is 2. The molecule has 1 aliphatic rings. The summed E-state index contributed by atoms with van der Waals surface area (Å²) in [5, 5.41) is 17.9. The number of hydrogen-bond acceptors (Lipinski definition) is 4. The molecule has 1 rings (SSSR count). The fraction of sp³-hybridized carbons (Fsp3) is 0.800. The Balaban J connectivity index is 2.83. The molecule has 0 aromatic carbocycles. The topological polar surface area (TPSA) is 77.8 Å². The SMILES string of the molecule is CC1(C)CC(=O)N(C(CO)CO)C(=O)C1. The molecule has 1 saturated heterocycles. The molecule has 1 fully saturated rings. The van der Waals surface area contributed by atoms with Crippen molar-refractivity contribution >= 4 is 11.8 Å². The zero-order chi connectivity index (χ0) is 11.6. The minimum atomic E-state index is -0.791. The number of rotatable bonds is 3. The molecular weight excluding hydrogens is 198 g/mol. The van der Waals surface area contributed by atoms with Gasteiger partial charge in [-0.2, -0.15) is 0 Å². The van der Waals surface area contributed by atoms with E-state index >= 15 is 0 Å². The van der Waals surface area contributed by atoms with Crippen LogP contribution in [-0.2, 0) is 9.59 Å². The van der Waals surface area contributed by atoms with Gasteiger partial charge in [-0.15, -0.1) is 0 Å². The Labute approximate surface area is 88.7 Å². The van der Waals surface area contributed by atoms with Gasteiger partial charge in [0.15, 0.2) is 0 Å². The molecule has 5 nitrogen and oxygen atoms in total. The van der Waals surface area contributed by atoms with E-state index in [1.165, 1.54) is 0 Å². The van der Waals surface area contributed by atoms with E-state index < -0.39 is 19.3 Å². The summed E-state index contributed by atoms with van der Waals surface area (Å²) in [7, 11) is 0. The van der Waals surface area contributed by atoms with Crippen LogP contribution in [0.3, 0.4) is 0 Å². The summed E-state index contributed by atoms with van der Waals surface area (Å²) in [6, 6.07) is -0.791. The Morgan fingerprint density at radius 1 is 1.20 bits per heavy atom. The summed E-state index contributed by atoms with van der Waals surface area (Å²) < 4.78 is 0. The highest BCUT2D eigenvalue weighted by molar-refractivity contribution is 5.98. The Hall–Kier alpha value is -0.940. The first-order chi connectivity index (χ1) is 6.91. The number of nitrogens with zero attached hydrogens (tertiary/aromatic N) is 1. The second-order valence-electron chi connectivity index (χ2n) is 4.69. The van der Waals surface area contributed by atoms with Gasteiger partial charge in [0.05, 0.1) is 19.3 Å². The third kappa shape index (κ3) is 2.54. The molecule has 0 unspecified atom stereocenters. The molecule has 1 aliphatic heterocycles. The van der Waals surface area contributed by atoms with Gasteiger partial charge in [-0.05, 0) is 5.41 Å². The molecule has 0 saturated carbocycles. The van der Waals surface area contributed by atoms with Crippen molar-refractivity contribution in [2.75, 3.05) is 13.2 Å². The van der Waals surface area contributed by atoms with Crippen molar-refractivity contribution < 1.29 is 19.8 Å². The van der Waals surface area contributed by atoms with E-state index in [4.69, 9.17) is 10.2 Å². The predicted octanol–water partition coefficient (Wildman–Crippen LogP) is -0.485. The lowest BCUT2D eigenvalue weighted by atomic mass is 9.81. The Bertz CT molecular complexity index is 251. The number of carbonyl (C=O) groups is 2. The van der Waals surface area contributed by atoms with Crippen LogP contribution < -0.4 is 0 Å². The lowest BCUT2D eigenvalue weighted by Crippen LogP contribution is -2.53. The number of amides is 2. The third-order valence-electron chi connectivity index (χ3n) is 2.58. The molecule has 2 N–H and O–H groups in total. The normalized spacial score (nSPS) is 21.3. The van der Waals surface area contributed by atoms with E-state index in [0.29, 0.717) is 0 Å². The van der Waals surface area contributed by atoms with Crippen LogP contribution in [-0.4, -0.2) is 46.2 Å². The maximum Gasteiger partial charge on any atom is 0.230 e. The molecule has 0 aromatic heterocycles. The smallest absolute Gasteiger partial charge is 0.230 e. The van der Waals surface area contributed by atoms with Crippen molar-refractivity contribution in [3.63, 3.8) is 0 Å². The van der Waals surface area contributed by atoms with E-state index in [0.717, 1.165) is 4.90 Å². The van der Waals surface area contributed by atoms with Gasteiger partial charge in [0.25, 0.3) is 0 Å². The summed E-state index contributed by atoms with van der Waals surface area (Å²) >= 11 is 0. The quantitative estimate of drug-likeness (QED) is 0.623. The number of piperidine rings is 1. The highest BCUT2D eigenvalue weighted by Crippen LogP contribution is 2.32. The fourth-order valence-corrected chi connectivity index (χ4v) is 1.82. The van der Waals surface area contributed by atoms with Crippen molar-refractivity contribution in [3.05, 3.63) is 0 Å². The summed E-state index contributed by atoms with van der Waals surface area (Å²) in [4.78, 5) is 24.3. The van der Waals surface area contributed by atoms with Crippen molar-refractivity contribution in [3.8, 4) is 0 Å². The largest absolute Gasteiger partial charge is 0.394 e. The average Bonchev–Trinajstić information content (AvgIpc) is 2.09. The Morgan fingerprint density at radius 3 is 1.93 bits per heavy atom. The van der Waals surface area contributed by atoms with Crippen molar-refractivity contribution in [1.29, 1.82) is 0 Å². The van der Waals surface area contributed by atoms with Gasteiger partial charge in [0.2, 0.25) is 11.8 Å². The number of imide groups is 1. The van der Waals surface area contributed by atoms with Crippen molar-refractivity contribution in [2.24, 2.45) is 5.41 Å². The summed E-state index contributed by atoms with van der Waals surface area (Å²) in [5.74, 6) is -0.631. The number of likely N-dealkylation sites (tertiary alicyclic amines) is 1. The van der Waals surface area contributed by atoms with Crippen LogP contribution in [0.4, 0.5) is 0 Å². The van der Waals surface area contributed by atoms with E-state index in [-0.39, 0.29) is 30.1 Å². The highest BCUT2D eigenvalue weighted by atomic mass is 16.3. The zero-order valence-electron chi connectivity index (χ0n) is 9.06. The first kappa shape index (κ1) is 12.1. The first-order valence-corrected chi connectivity index (χ1v) is 4.98. The molecule has 0 atom stereocenters. The molecule has 0 bridgehead atoms. The highest BCUT2D eigenvalue weighted by Gasteiger charge is 2.40. The molecule has 86 valence electrons. The minimum Gasteiger partial charge on any atom is -0.394 e. The van der Waals surface area contributed by atoms with Gasteiger partial charge in [-0.3, -0.25) is 14.5 Å². The lowest BCUT2D eigenvalue weighted by Gasteiger charge is -2.37. The van der Waals surface area contributed by atoms with Gasteiger partial charge < -0.3 is 10.2 Å². The average molecular weight is 215 g/mol. The van der Waals surface area contributed by atoms with Gasteiger partial charge in [0.1, 0.15) is 0 Å². The first-order valence-electron chi connectivity index (χ1n) is 4.98. The number of aliphatic hydroxyl groups is 2. The van der Waals surface area contributed by atoms with Crippen molar-refractivity contribution in [2.45, 2.75) is 32.7 Å². The van der Waals surface area contributed by atoms with Gasteiger partial charge in [-0.1, -0.05) is 13.8 Å². The van der Waals surface area contributed by atoms with Crippen LogP contribution in [0.15, 0.2) is 0 Å². The monoisotopic (exact) mass is 215 g/mol. The van der Waals surface area contributed by atoms with Crippen LogP contribution in [0.2, 0.25) is 0 Å². The summed E-state index contributed by atoms with van der Waals surface area (Å²) in [5.41, 5.74) is -0.319. The Kier molecular flexibility index (Phi) is 3.46. The standard InChI is InChI=1S/C10H17NO4/c1-10(2)3-8(14)11(9(15)4-10)7(5-12)6-13/h7,12-13H,3-6H2,1-2H3. The molecular formula is C10H17NO4. The maximum atomic E-state index is 11.7. The van der Waals surface area contributed by atoms with E-state index in [2.05, 4.69) is 0 Å². The van der Waals surface area contributed by atoms with Crippen LogP contribution in [0.5, 0.6) is 0 Å². The van der Waals surface area contributed by atoms with Crippen LogP contribution in [0.25, 0.3) is 0 Å². The van der Waals surface area contributed by atoms with E-state index in [1.54, 1.807) is 0 Å². The van der Waals surface area contributed by atoms with Gasteiger partial charge in [0, 0.05) is 12.8 Å². The second kappa shape index (κ2) is 4.28. The molecule has 5 heteroatoms. The summed E-state index contributed by atoms with van der Waals surface area (Å²) in [6.45, 7) is 2.92. The molecule has 0 aromatic rings. The molecule has 15 heavy (non-hydrogen) atoms. The Morgan fingerprint density at radius 2 is 1.60 bits per heavy atom. The van der Waals surface area contributed by atoms with Crippen LogP contribution in [0, 0.1) is 5.41 Å². The van der Waals surface area contributed by atoms with Crippen molar-refractivity contribution in [1.82, 2.24) is 4.90 Å². The zero-order valence-corrected chi connectivity index (χ0v) is 9.06. The van der Waals surface area contributed by atoms with Crippen LogP contribution >= 0.6 is 0 Å². The van der Waals surface area contributed by atoms with Gasteiger partial charge >= 0.3 is 0 Å². The van der Waals surface area contributed by atoms with Crippen LogP contribution in [0.1, 0.15) is 26.7 Å². The molecule has 0 radical (unpaired) electrons. The predicted molar refractivity (Wildman–Crippen MR) is 52.8 cm³/mol. The summed E-state index contributed by atoms with van der Waals surface area (Å²) in [6.07, 6.45) is 0.546. The van der Waals surface area contributed by atoms with E-state index in [9.17, 15) is 9.59 Å². The molecule has 2 amide bonds. The lowest BCUT2D eigenvalue weighted by molar-refractivity contribution is -0.157. The molecule has 0 spiro atoms. The van der Waals surface area contributed by atoms with E-state index in [1.807, 2.05) is 13.8 Å². The third-order valence-corrected chi connectivity index (χ3v) is 2.58. The maximum absolute atomic E-state index is 11.7. The molecule has 1 heterocycles. The fourth-order valence-electron chi connectivity index (χ4n) is 1.82. The molecule has 0 aliphatic carbocycles. The second-order valence-corrected chi connectivity index (χ2v) is 4.69. The number of carbonyl (C=O) groups excluding carboxylic acids is 2. The van der Waals surface area contributed by atoms with Gasteiger partial charge in [-0.25, -0.2) is 0 Å². The minimum absolute atomic E-state index is 0.273.